The van der Waals surface area contributed by atoms with E-state index in [1.807, 2.05) is 13.0 Å². The molecular weight excluding hydrogens is 370 g/mol. The van der Waals surface area contributed by atoms with E-state index in [9.17, 15) is 4.79 Å². The number of rotatable bonds is 4. The van der Waals surface area contributed by atoms with Crippen molar-refractivity contribution in [2.45, 2.75) is 13.0 Å². The zero-order valence-electron chi connectivity index (χ0n) is 14.1. The van der Waals surface area contributed by atoms with Gasteiger partial charge in [-0.2, -0.15) is 5.26 Å². The van der Waals surface area contributed by atoms with E-state index in [0.717, 1.165) is 5.75 Å². The summed E-state index contributed by atoms with van der Waals surface area (Å²) in [6, 6.07) is 15.9. The molecule has 0 aromatic heterocycles. The van der Waals surface area contributed by atoms with Gasteiger partial charge in [0, 0.05) is 10.8 Å². The first-order chi connectivity index (χ1) is 12.6. The van der Waals surface area contributed by atoms with Crippen LogP contribution in [-0.2, 0) is 4.79 Å². The van der Waals surface area contributed by atoms with Crippen LogP contribution in [0.1, 0.15) is 12.5 Å². The fraction of sp³-hybridized carbons (Fsp3) is 0.211. The van der Waals surface area contributed by atoms with Crippen LogP contribution in [0.2, 0.25) is 5.02 Å². The fourth-order valence-electron chi connectivity index (χ4n) is 2.37. The zero-order valence-corrected chi connectivity index (χ0v) is 15.6. The number of nitriles is 1. The number of amidine groups is 1. The second kappa shape index (κ2) is 8.26. The van der Waals surface area contributed by atoms with E-state index in [2.05, 4.69) is 4.99 Å². The number of hydrogen-bond donors (Lipinski definition) is 0. The summed E-state index contributed by atoms with van der Waals surface area (Å²) in [5.41, 5.74) is 1.24. The van der Waals surface area contributed by atoms with Crippen LogP contribution in [0, 0.1) is 11.3 Å². The van der Waals surface area contributed by atoms with Gasteiger partial charge in [0.05, 0.1) is 23.4 Å². The number of carbonyl (C=O) groups is 1. The smallest absolute Gasteiger partial charge is 0.271 e. The van der Waals surface area contributed by atoms with Crippen molar-refractivity contribution >= 4 is 40.1 Å². The van der Waals surface area contributed by atoms with Gasteiger partial charge in [0.15, 0.2) is 11.8 Å². The van der Waals surface area contributed by atoms with Crippen LogP contribution < -0.4 is 9.64 Å². The number of benzene rings is 2. The lowest BCUT2D eigenvalue weighted by atomic mass is 10.2. The highest BCUT2D eigenvalue weighted by Gasteiger charge is 2.27. The molecule has 1 aliphatic heterocycles. The Bertz CT molecular complexity index is 860. The van der Waals surface area contributed by atoms with Crippen molar-refractivity contribution in [1.29, 1.82) is 5.26 Å². The van der Waals surface area contributed by atoms with Crippen LogP contribution in [0.25, 0.3) is 0 Å². The number of nitrogens with zero attached hydrogens (tertiary/aromatic N) is 3. The van der Waals surface area contributed by atoms with Crippen LogP contribution >= 0.6 is 23.4 Å². The summed E-state index contributed by atoms with van der Waals surface area (Å²) in [5.74, 6) is 1.14. The summed E-state index contributed by atoms with van der Waals surface area (Å²) < 4.78 is 5.59. The van der Waals surface area contributed by atoms with Gasteiger partial charge >= 0.3 is 0 Å². The lowest BCUT2D eigenvalue weighted by Gasteiger charge is -2.22. The zero-order chi connectivity index (χ0) is 18.5. The average molecular weight is 386 g/mol. The first-order valence-corrected chi connectivity index (χ1v) is 9.35. The summed E-state index contributed by atoms with van der Waals surface area (Å²) in [6.07, 6.45) is 0. The third-order valence-electron chi connectivity index (χ3n) is 3.66. The maximum atomic E-state index is 12.8. The van der Waals surface area contributed by atoms with Gasteiger partial charge in [0.2, 0.25) is 0 Å². The molecule has 26 heavy (non-hydrogen) atoms. The van der Waals surface area contributed by atoms with Crippen molar-refractivity contribution in [2.75, 3.05) is 17.3 Å². The van der Waals surface area contributed by atoms with E-state index in [0.29, 0.717) is 27.2 Å². The highest BCUT2D eigenvalue weighted by Crippen LogP contribution is 2.27. The van der Waals surface area contributed by atoms with Crippen LogP contribution in [0.4, 0.5) is 5.69 Å². The van der Waals surface area contributed by atoms with E-state index in [4.69, 9.17) is 21.6 Å². The van der Waals surface area contributed by atoms with Crippen molar-refractivity contribution in [2.24, 2.45) is 4.99 Å². The summed E-state index contributed by atoms with van der Waals surface area (Å²) in [4.78, 5) is 19.0. The van der Waals surface area contributed by atoms with Gasteiger partial charge in [0.25, 0.3) is 5.91 Å². The average Bonchev–Trinajstić information content (AvgIpc) is 3.08. The van der Waals surface area contributed by atoms with E-state index in [1.54, 1.807) is 65.2 Å². The molecule has 1 aliphatic rings. The topological polar surface area (TPSA) is 65.7 Å². The molecule has 0 spiro atoms. The largest absolute Gasteiger partial charge is 0.484 e. The van der Waals surface area contributed by atoms with Crippen molar-refractivity contribution in [1.82, 2.24) is 0 Å². The molecule has 2 aromatic carbocycles. The fourth-order valence-corrected chi connectivity index (χ4v) is 3.55. The molecule has 0 radical (unpaired) electrons. The molecule has 5 nitrogen and oxygen atoms in total. The van der Waals surface area contributed by atoms with Gasteiger partial charge in [-0.05, 0) is 55.5 Å². The van der Waals surface area contributed by atoms with Crippen LogP contribution in [-0.4, -0.2) is 29.5 Å². The number of ether oxygens (including phenoxy) is 1. The summed E-state index contributed by atoms with van der Waals surface area (Å²) in [5, 5.41) is 10.1. The van der Waals surface area contributed by atoms with Gasteiger partial charge in [-0.1, -0.05) is 23.4 Å². The number of halogens is 1. The van der Waals surface area contributed by atoms with Crippen molar-refractivity contribution in [3.63, 3.8) is 0 Å². The number of aliphatic imine (C=N–C) groups is 1. The van der Waals surface area contributed by atoms with Crippen LogP contribution in [0.3, 0.4) is 0 Å². The Morgan fingerprint density at radius 3 is 2.58 bits per heavy atom. The molecule has 132 valence electrons. The molecule has 1 amide bonds. The van der Waals surface area contributed by atoms with Crippen molar-refractivity contribution in [3.05, 3.63) is 59.1 Å². The second-order valence-corrected chi connectivity index (χ2v) is 7.13. The molecule has 0 saturated carbocycles. The molecule has 2 aromatic rings. The molecule has 3 rings (SSSR count). The summed E-state index contributed by atoms with van der Waals surface area (Å²) >= 11 is 7.50. The van der Waals surface area contributed by atoms with Gasteiger partial charge in [0.1, 0.15) is 5.75 Å². The van der Waals surface area contributed by atoms with E-state index >= 15 is 0 Å². The summed E-state index contributed by atoms with van der Waals surface area (Å²) in [7, 11) is 0. The Labute approximate surface area is 161 Å². The molecular formula is C19H16ClN3O2S. The van der Waals surface area contributed by atoms with E-state index < -0.39 is 0 Å². The van der Waals surface area contributed by atoms with Gasteiger partial charge in [-0.25, -0.2) is 0 Å². The molecule has 0 unspecified atom stereocenters. The lowest BCUT2D eigenvalue weighted by Crippen LogP contribution is -2.38. The normalized spacial score (nSPS) is 15.9. The highest BCUT2D eigenvalue weighted by molar-refractivity contribution is 8.14. The Balaban J connectivity index is 1.77. The minimum Gasteiger partial charge on any atom is -0.484 e. The Hall–Kier alpha value is -2.49. The standard InChI is InChI=1S/C19H16ClN3O2S/c1-13-12-26-19(22-13)23(16-6-4-15(20)5-7-16)18(24)11-25-17-8-2-14(10-21)3-9-17/h2-9,13H,11-12H2,1H3/t13-/m0/s1. The maximum Gasteiger partial charge on any atom is 0.271 e. The van der Waals surface area contributed by atoms with E-state index in [1.165, 1.54) is 0 Å². The SMILES string of the molecule is C[C@H]1CSC(N(C(=O)COc2ccc(C#N)cc2)c2ccc(Cl)cc2)=N1. The molecule has 0 saturated heterocycles. The number of thioether (sulfide) groups is 1. The molecule has 0 fully saturated rings. The number of anilines is 1. The monoisotopic (exact) mass is 385 g/mol. The van der Waals surface area contributed by atoms with Crippen molar-refractivity contribution < 1.29 is 9.53 Å². The number of amides is 1. The molecule has 7 heteroatoms. The van der Waals surface area contributed by atoms with E-state index in [-0.39, 0.29) is 18.6 Å². The Morgan fingerprint density at radius 1 is 1.31 bits per heavy atom. The summed E-state index contributed by atoms with van der Waals surface area (Å²) in [6.45, 7) is 1.88. The maximum absolute atomic E-state index is 12.8. The molecule has 0 N–H and O–H groups in total. The number of carbonyl (C=O) groups excluding carboxylic acids is 1. The minimum absolute atomic E-state index is 0.136. The molecule has 1 heterocycles. The van der Waals surface area contributed by atoms with Gasteiger partial charge in [-0.15, -0.1) is 0 Å². The van der Waals surface area contributed by atoms with Gasteiger partial charge < -0.3 is 4.74 Å². The predicted molar refractivity (Wildman–Crippen MR) is 105 cm³/mol. The Kier molecular flexibility index (Phi) is 5.82. The highest BCUT2D eigenvalue weighted by atomic mass is 35.5. The lowest BCUT2D eigenvalue weighted by molar-refractivity contribution is -0.119. The Morgan fingerprint density at radius 2 is 2.00 bits per heavy atom. The molecule has 0 bridgehead atoms. The number of hydrogen-bond acceptors (Lipinski definition) is 5. The first-order valence-electron chi connectivity index (χ1n) is 7.99. The van der Waals surface area contributed by atoms with Crippen LogP contribution in [0.5, 0.6) is 5.75 Å². The molecule has 1 atom stereocenters. The minimum atomic E-state index is -0.225. The molecule has 0 aliphatic carbocycles. The quantitative estimate of drug-likeness (QED) is 0.794. The van der Waals surface area contributed by atoms with Crippen LogP contribution in [0.15, 0.2) is 53.5 Å². The first kappa shape index (κ1) is 18.3. The van der Waals surface area contributed by atoms with Crippen molar-refractivity contribution in [3.8, 4) is 11.8 Å². The van der Waals surface area contributed by atoms with Gasteiger partial charge in [-0.3, -0.25) is 14.7 Å². The third kappa shape index (κ3) is 4.37. The second-order valence-electron chi connectivity index (χ2n) is 5.70. The third-order valence-corrected chi connectivity index (χ3v) is 5.10. The predicted octanol–water partition coefficient (Wildman–Crippen LogP) is 4.11.